The van der Waals surface area contributed by atoms with Crippen molar-refractivity contribution in [3.05, 3.63) is 71.8 Å². The molecule has 180 valence electrons. The number of aryl methyl sites for hydroxylation is 1. The van der Waals surface area contributed by atoms with Gasteiger partial charge in [0.2, 0.25) is 5.95 Å². The molecule has 1 unspecified atom stereocenters. The number of imidazole rings is 1. The predicted molar refractivity (Wildman–Crippen MR) is 132 cm³/mol. The maximum absolute atomic E-state index is 14.4. The smallest absolute Gasteiger partial charge is 0.208 e. The third-order valence-corrected chi connectivity index (χ3v) is 6.27. The molecule has 4 aromatic rings. The molecule has 2 aromatic heterocycles. The van der Waals surface area contributed by atoms with Gasteiger partial charge in [-0.1, -0.05) is 6.92 Å². The number of halogens is 1. The van der Waals surface area contributed by atoms with Crippen LogP contribution >= 0.6 is 0 Å². The van der Waals surface area contributed by atoms with E-state index in [-0.39, 0.29) is 17.5 Å². The number of rotatable bonds is 8. The van der Waals surface area contributed by atoms with E-state index in [1.807, 2.05) is 42.8 Å². The Bertz CT molecular complexity index is 1380. The van der Waals surface area contributed by atoms with Crippen molar-refractivity contribution in [3.8, 4) is 11.5 Å². The molecule has 7 nitrogen and oxygen atoms in total. The molecule has 1 atom stereocenters. The molecule has 0 amide bonds. The number of nitrogens with one attached hydrogen (secondary N) is 1. The third-order valence-electron chi connectivity index (χ3n) is 6.27. The summed E-state index contributed by atoms with van der Waals surface area (Å²) in [6.07, 6.45) is 3.24. The van der Waals surface area contributed by atoms with Crippen LogP contribution < -0.4 is 10.1 Å². The fourth-order valence-corrected chi connectivity index (χ4v) is 4.28. The summed E-state index contributed by atoms with van der Waals surface area (Å²) in [6.45, 7) is 3.05. The summed E-state index contributed by atoms with van der Waals surface area (Å²) in [4.78, 5) is 20.7. The topological polar surface area (TPSA) is 78.3 Å². The highest BCUT2D eigenvalue weighted by Crippen LogP contribution is 2.32. The number of carbonyl (C=O) groups excluding carboxylic acids is 1. The quantitative estimate of drug-likeness (QED) is 0.355. The number of benzene rings is 2. The van der Waals surface area contributed by atoms with E-state index < -0.39 is 0 Å². The van der Waals surface area contributed by atoms with Crippen molar-refractivity contribution in [2.75, 3.05) is 18.5 Å². The third kappa shape index (κ3) is 5.02. The van der Waals surface area contributed by atoms with E-state index in [0.29, 0.717) is 54.8 Å². The number of fused-ring (bicyclic) bond motifs is 1. The molecule has 35 heavy (non-hydrogen) atoms. The minimum atomic E-state index is -0.212. The highest BCUT2D eigenvalue weighted by atomic mass is 19.1. The molecule has 1 aliphatic rings. The lowest BCUT2D eigenvalue weighted by atomic mass is 9.97. The zero-order valence-corrected chi connectivity index (χ0v) is 19.8. The molecule has 2 aromatic carbocycles. The average molecular weight is 475 g/mol. The Morgan fingerprint density at radius 3 is 2.86 bits per heavy atom. The molecule has 0 bridgehead atoms. The number of carbonyl (C=O) groups is 1. The zero-order valence-electron chi connectivity index (χ0n) is 19.8. The number of Topliss-reactive ketones (excluding diaryl/α,β-unsaturated/α-hetero) is 1. The zero-order chi connectivity index (χ0) is 24.4. The first-order chi connectivity index (χ1) is 17.0. The normalized spacial score (nSPS) is 15.5. The van der Waals surface area contributed by atoms with E-state index >= 15 is 0 Å². The fourth-order valence-electron chi connectivity index (χ4n) is 4.28. The van der Waals surface area contributed by atoms with Gasteiger partial charge >= 0.3 is 0 Å². The van der Waals surface area contributed by atoms with E-state index in [4.69, 9.17) is 14.5 Å². The molecule has 5 rings (SSSR count). The summed E-state index contributed by atoms with van der Waals surface area (Å²) in [5.41, 5.74) is 3.81. The van der Waals surface area contributed by atoms with Crippen molar-refractivity contribution in [1.82, 2.24) is 14.5 Å². The summed E-state index contributed by atoms with van der Waals surface area (Å²) in [6, 6.07) is 14.3. The summed E-state index contributed by atoms with van der Waals surface area (Å²) in [5, 5.41) is 3.32. The molecule has 1 N–H and O–H groups in total. The molecule has 8 heteroatoms. The Balaban J connectivity index is 1.36. The molecule has 0 aliphatic carbocycles. The van der Waals surface area contributed by atoms with Crippen LogP contribution in [0.5, 0.6) is 11.5 Å². The SMILES string of the molecule is CCC(=O)Cc1cc(Oc2ccc3c(c2)nc(Nc2ccc(F)c(C4CCOC4)c2)n3C)ccn1. The van der Waals surface area contributed by atoms with Crippen LogP contribution in [-0.2, 0) is 23.0 Å². The van der Waals surface area contributed by atoms with Crippen molar-refractivity contribution in [2.45, 2.75) is 32.1 Å². The Kier molecular flexibility index (Phi) is 6.46. The number of hydrogen-bond donors (Lipinski definition) is 1. The van der Waals surface area contributed by atoms with Gasteiger partial charge in [0.05, 0.1) is 23.3 Å². The lowest BCUT2D eigenvalue weighted by Gasteiger charge is -2.12. The van der Waals surface area contributed by atoms with Crippen LogP contribution in [-0.4, -0.2) is 33.5 Å². The van der Waals surface area contributed by atoms with Gasteiger partial charge < -0.3 is 19.4 Å². The first-order valence-corrected chi connectivity index (χ1v) is 11.8. The van der Waals surface area contributed by atoms with Gasteiger partial charge in [-0.3, -0.25) is 9.78 Å². The lowest BCUT2D eigenvalue weighted by Crippen LogP contribution is -2.04. The summed E-state index contributed by atoms with van der Waals surface area (Å²) >= 11 is 0. The number of anilines is 2. The first-order valence-electron chi connectivity index (χ1n) is 11.8. The summed E-state index contributed by atoms with van der Waals surface area (Å²) < 4.78 is 27.8. The number of pyridine rings is 1. The minimum Gasteiger partial charge on any atom is -0.457 e. The second kappa shape index (κ2) is 9.84. The molecule has 1 aliphatic heterocycles. The van der Waals surface area contributed by atoms with Crippen molar-refractivity contribution in [1.29, 1.82) is 0 Å². The van der Waals surface area contributed by atoms with Crippen molar-refractivity contribution < 1.29 is 18.7 Å². The standard InChI is InChI=1S/C27H27FN4O3/c1-3-20(33)12-19-13-22(8-10-29-19)35-21-5-7-26-25(15-21)31-27(32(26)2)30-18-4-6-24(28)23(14-18)17-9-11-34-16-17/h4-8,10,13-15,17H,3,9,11-12,16H2,1-2H3,(H,30,31). The van der Waals surface area contributed by atoms with E-state index in [9.17, 15) is 9.18 Å². The number of nitrogens with zero attached hydrogens (tertiary/aromatic N) is 3. The fraction of sp³-hybridized carbons (Fsp3) is 0.296. The average Bonchev–Trinajstić information content (AvgIpc) is 3.49. The van der Waals surface area contributed by atoms with Gasteiger partial charge in [-0.2, -0.15) is 0 Å². The molecule has 0 radical (unpaired) electrons. The number of aromatic nitrogens is 3. The lowest BCUT2D eigenvalue weighted by molar-refractivity contribution is -0.118. The van der Waals surface area contributed by atoms with E-state index in [1.54, 1.807) is 24.4 Å². The monoisotopic (exact) mass is 474 g/mol. The van der Waals surface area contributed by atoms with Gasteiger partial charge in [0.15, 0.2) is 0 Å². The van der Waals surface area contributed by atoms with Gasteiger partial charge in [-0.15, -0.1) is 0 Å². The molecular formula is C27H27FN4O3. The Hall–Kier alpha value is -3.78. The van der Waals surface area contributed by atoms with Crippen LogP contribution in [0.25, 0.3) is 11.0 Å². The second-order valence-corrected chi connectivity index (χ2v) is 8.72. The number of ketones is 1. The van der Waals surface area contributed by atoms with Gasteiger partial charge in [0, 0.05) is 56.4 Å². The Labute approximate surface area is 202 Å². The van der Waals surface area contributed by atoms with Crippen LogP contribution in [0, 0.1) is 5.82 Å². The molecule has 3 heterocycles. The minimum absolute atomic E-state index is 0.0747. The van der Waals surface area contributed by atoms with E-state index in [2.05, 4.69) is 10.3 Å². The Morgan fingerprint density at radius 2 is 2.06 bits per heavy atom. The highest BCUT2D eigenvalue weighted by molar-refractivity contribution is 5.81. The molecule has 1 fully saturated rings. The van der Waals surface area contributed by atoms with Gasteiger partial charge in [0.25, 0.3) is 0 Å². The maximum atomic E-state index is 14.4. The second-order valence-electron chi connectivity index (χ2n) is 8.72. The van der Waals surface area contributed by atoms with Crippen LogP contribution in [0.3, 0.4) is 0 Å². The molecule has 1 saturated heterocycles. The molecular weight excluding hydrogens is 447 g/mol. The van der Waals surface area contributed by atoms with Crippen LogP contribution in [0.1, 0.15) is 36.9 Å². The van der Waals surface area contributed by atoms with Crippen molar-refractivity contribution in [2.24, 2.45) is 7.05 Å². The summed E-state index contributed by atoms with van der Waals surface area (Å²) in [7, 11) is 1.92. The van der Waals surface area contributed by atoms with E-state index in [0.717, 1.165) is 23.1 Å². The van der Waals surface area contributed by atoms with Crippen LogP contribution in [0.4, 0.5) is 16.0 Å². The molecule has 0 saturated carbocycles. The highest BCUT2D eigenvalue weighted by Gasteiger charge is 2.21. The first kappa shape index (κ1) is 23.0. The van der Waals surface area contributed by atoms with Crippen molar-refractivity contribution >= 4 is 28.5 Å². The largest absolute Gasteiger partial charge is 0.457 e. The van der Waals surface area contributed by atoms with E-state index in [1.165, 1.54) is 6.07 Å². The predicted octanol–water partition coefficient (Wildman–Crippen LogP) is 5.67. The van der Waals surface area contributed by atoms with Crippen LogP contribution in [0.2, 0.25) is 0 Å². The maximum Gasteiger partial charge on any atom is 0.208 e. The Morgan fingerprint density at radius 1 is 1.20 bits per heavy atom. The van der Waals surface area contributed by atoms with Crippen molar-refractivity contribution in [3.63, 3.8) is 0 Å². The molecule has 0 spiro atoms. The van der Waals surface area contributed by atoms with Crippen LogP contribution in [0.15, 0.2) is 54.7 Å². The number of hydrogen-bond acceptors (Lipinski definition) is 6. The van der Waals surface area contributed by atoms with Gasteiger partial charge in [-0.25, -0.2) is 9.37 Å². The number of ether oxygens (including phenoxy) is 2. The summed E-state index contributed by atoms with van der Waals surface area (Å²) in [5.74, 6) is 1.88. The van der Waals surface area contributed by atoms with Gasteiger partial charge in [-0.05, 0) is 48.4 Å². The van der Waals surface area contributed by atoms with Gasteiger partial charge in [0.1, 0.15) is 23.1 Å².